The summed E-state index contributed by atoms with van der Waals surface area (Å²) in [6.45, 7) is 10.2. The van der Waals surface area contributed by atoms with Crippen molar-refractivity contribution >= 4 is 12.6 Å². The van der Waals surface area contributed by atoms with Crippen molar-refractivity contribution in [2.24, 2.45) is 0 Å². The van der Waals surface area contributed by atoms with Gasteiger partial charge >= 0.3 is 7.12 Å². The third-order valence-corrected chi connectivity index (χ3v) is 4.43. The lowest BCUT2D eigenvalue weighted by molar-refractivity contribution is 0.00578. The van der Waals surface area contributed by atoms with E-state index in [2.05, 4.69) is 6.07 Å². The highest BCUT2D eigenvalue weighted by Gasteiger charge is 2.51. The Morgan fingerprint density at radius 1 is 1.10 bits per heavy atom. The van der Waals surface area contributed by atoms with Gasteiger partial charge in [0.1, 0.15) is 0 Å². The van der Waals surface area contributed by atoms with E-state index < -0.39 is 0 Å². The molecule has 1 saturated heterocycles. The predicted octanol–water partition coefficient (Wildman–Crippen LogP) is 3.00. The molecular formula is C16H22BNO2. The van der Waals surface area contributed by atoms with Crippen LogP contribution in [0.1, 0.15) is 52.5 Å². The Balaban J connectivity index is 2.19. The second-order valence-corrected chi connectivity index (χ2v) is 6.34. The molecule has 1 unspecified atom stereocenters. The number of benzene rings is 1. The molecular weight excluding hydrogens is 249 g/mol. The summed E-state index contributed by atoms with van der Waals surface area (Å²) in [4.78, 5) is 0. The topological polar surface area (TPSA) is 42.2 Å². The van der Waals surface area contributed by atoms with Gasteiger partial charge in [0.05, 0.1) is 23.2 Å². The lowest BCUT2D eigenvalue weighted by Crippen LogP contribution is -2.41. The molecule has 20 heavy (non-hydrogen) atoms. The molecule has 3 nitrogen and oxygen atoms in total. The lowest BCUT2D eigenvalue weighted by atomic mass is 9.78. The van der Waals surface area contributed by atoms with Crippen molar-refractivity contribution in [2.45, 2.75) is 58.2 Å². The van der Waals surface area contributed by atoms with Gasteiger partial charge in [-0.3, -0.25) is 0 Å². The van der Waals surface area contributed by atoms with Crippen molar-refractivity contribution in [2.75, 3.05) is 0 Å². The first-order valence-electron chi connectivity index (χ1n) is 7.16. The van der Waals surface area contributed by atoms with Crippen molar-refractivity contribution in [3.8, 4) is 6.07 Å². The van der Waals surface area contributed by atoms with Crippen molar-refractivity contribution in [3.63, 3.8) is 0 Å². The zero-order chi connectivity index (χ0) is 15.0. The second kappa shape index (κ2) is 5.23. The fourth-order valence-electron chi connectivity index (χ4n) is 2.27. The van der Waals surface area contributed by atoms with E-state index in [1.54, 1.807) is 0 Å². The van der Waals surface area contributed by atoms with E-state index in [1.807, 2.05) is 58.9 Å². The first-order valence-corrected chi connectivity index (χ1v) is 7.16. The molecule has 0 N–H and O–H groups in total. The van der Waals surface area contributed by atoms with Crippen molar-refractivity contribution in [1.82, 2.24) is 0 Å². The van der Waals surface area contributed by atoms with Crippen LogP contribution >= 0.6 is 0 Å². The maximum atomic E-state index is 9.10. The minimum absolute atomic E-state index is 0.0395. The molecule has 0 aromatic heterocycles. The summed E-state index contributed by atoms with van der Waals surface area (Å²) < 4.78 is 12.0. The maximum Gasteiger partial charge on any atom is 0.494 e. The van der Waals surface area contributed by atoms with E-state index in [-0.39, 0.29) is 24.2 Å². The van der Waals surface area contributed by atoms with Crippen LogP contribution in [0.15, 0.2) is 24.3 Å². The average Bonchev–Trinajstić information content (AvgIpc) is 2.61. The standard InChI is InChI=1S/C16H22BNO2/c1-6-12(11-18)13-7-9-14(10-8-13)17-19-15(2,3)16(4,5)20-17/h7-10,12H,6H2,1-5H3. The van der Waals surface area contributed by atoms with Gasteiger partial charge in [0.2, 0.25) is 0 Å². The molecule has 0 aliphatic carbocycles. The van der Waals surface area contributed by atoms with Gasteiger partial charge in [0, 0.05) is 0 Å². The van der Waals surface area contributed by atoms with Gasteiger partial charge in [0.15, 0.2) is 0 Å². The molecule has 1 atom stereocenters. The third kappa shape index (κ3) is 2.61. The van der Waals surface area contributed by atoms with Crippen LogP contribution in [-0.2, 0) is 9.31 Å². The first-order chi connectivity index (χ1) is 9.30. The van der Waals surface area contributed by atoms with Gasteiger partial charge in [-0.15, -0.1) is 0 Å². The highest BCUT2D eigenvalue weighted by molar-refractivity contribution is 6.62. The number of hydrogen-bond donors (Lipinski definition) is 0. The Labute approximate surface area is 122 Å². The summed E-state index contributed by atoms with van der Waals surface area (Å²) in [7, 11) is -0.337. The molecule has 1 fully saturated rings. The van der Waals surface area contributed by atoms with Crippen LogP contribution in [0.2, 0.25) is 0 Å². The monoisotopic (exact) mass is 271 g/mol. The summed E-state index contributed by atoms with van der Waals surface area (Å²) in [5.41, 5.74) is 1.40. The highest BCUT2D eigenvalue weighted by atomic mass is 16.7. The van der Waals surface area contributed by atoms with Gasteiger partial charge in [0.25, 0.3) is 0 Å². The lowest BCUT2D eigenvalue weighted by Gasteiger charge is -2.32. The zero-order valence-electron chi connectivity index (χ0n) is 12.9. The van der Waals surface area contributed by atoms with Crippen molar-refractivity contribution in [3.05, 3.63) is 29.8 Å². The van der Waals surface area contributed by atoms with Gasteiger partial charge in [-0.25, -0.2) is 0 Å². The zero-order valence-corrected chi connectivity index (χ0v) is 12.9. The van der Waals surface area contributed by atoms with Crippen molar-refractivity contribution in [1.29, 1.82) is 5.26 Å². The number of nitriles is 1. The van der Waals surface area contributed by atoms with E-state index in [9.17, 15) is 0 Å². The van der Waals surface area contributed by atoms with E-state index in [0.717, 1.165) is 17.4 Å². The average molecular weight is 271 g/mol. The van der Waals surface area contributed by atoms with Crippen LogP contribution in [0, 0.1) is 11.3 Å². The highest BCUT2D eigenvalue weighted by Crippen LogP contribution is 2.36. The summed E-state index contributed by atoms with van der Waals surface area (Å²) >= 11 is 0. The maximum absolute atomic E-state index is 9.10. The molecule has 2 rings (SSSR count). The van der Waals surface area contributed by atoms with Crippen LogP contribution in [-0.4, -0.2) is 18.3 Å². The first kappa shape index (κ1) is 15.1. The van der Waals surface area contributed by atoms with E-state index in [0.29, 0.717) is 0 Å². The molecule has 1 aliphatic rings. The summed E-state index contributed by atoms with van der Waals surface area (Å²) in [5.74, 6) is -0.0395. The Hall–Kier alpha value is -1.31. The van der Waals surface area contributed by atoms with Crippen LogP contribution in [0.25, 0.3) is 0 Å². The molecule has 1 aliphatic heterocycles. The summed E-state index contributed by atoms with van der Waals surface area (Å²) in [5, 5.41) is 9.10. The number of rotatable bonds is 3. The molecule has 0 radical (unpaired) electrons. The summed E-state index contributed by atoms with van der Waals surface area (Å²) in [6.07, 6.45) is 0.826. The Bertz CT molecular complexity index is 500. The smallest absolute Gasteiger partial charge is 0.399 e. The minimum Gasteiger partial charge on any atom is -0.399 e. The van der Waals surface area contributed by atoms with Gasteiger partial charge in [-0.1, -0.05) is 31.2 Å². The number of hydrogen-bond acceptors (Lipinski definition) is 3. The third-order valence-electron chi connectivity index (χ3n) is 4.43. The minimum atomic E-state index is -0.337. The van der Waals surface area contributed by atoms with Gasteiger partial charge in [-0.05, 0) is 45.1 Å². The number of nitrogens with zero attached hydrogens (tertiary/aromatic N) is 1. The molecule has 1 aromatic carbocycles. The largest absolute Gasteiger partial charge is 0.494 e. The van der Waals surface area contributed by atoms with E-state index >= 15 is 0 Å². The van der Waals surface area contributed by atoms with Gasteiger partial charge < -0.3 is 9.31 Å². The summed E-state index contributed by atoms with van der Waals surface area (Å²) in [6, 6.07) is 10.3. The molecule has 4 heteroatoms. The fraction of sp³-hybridized carbons (Fsp3) is 0.562. The second-order valence-electron chi connectivity index (χ2n) is 6.34. The Morgan fingerprint density at radius 2 is 1.60 bits per heavy atom. The quantitative estimate of drug-likeness (QED) is 0.793. The molecule has 0 bridgehead atoms. The van der Waals surface area contributed by atoms with E-state index in [1.165, 1.54) is 0 Å². The van der Waals surface area contributed by atoms with Gasteiger partial charge in [-0.2, -0.15) is 5.26 Å². The molecule has 0 amide bonds. The van der Waals surface area contributed by atoms with Crippen LogP contribution in [0.4, 0.5) is 0 Å². The molecule has 1 aromatic rings. The normalized spacial score (nSPS) is 21.5. The van der Waals surface area contributed by atoms with E-state index in [4.69, 9.17) is 14.6 Å². The van der Waals surface area contributed by atoms with Crippen LogP contribution in [0.3, 0.4) is 0 Å². The molecule has 0 saturated carbocycles. The fourth-order valence-corrected chi connectivity index (χ4v) is 2.27. The molecule has 0 spiro atoms. The van der Waals surface area contributed by atoms with Crippen molar-refractivity contribution < 1.29 is 9.31 Å². The predicted molar refractivity (Wildman–Crippen MR) is 80.8 cm³/mol. The SMILES string of the molecule is CCC(C#N)c1ccc(B2OC(C)(C)C(C)(C)O2)cc1. The Kier molecular flexibility index (Phi) is 3.95. The van der Waals surface area contributed by atoms with Crippen LogP contribution in [0.5, 0.6) is 0 Å². The Morgan fingerprint density at radius 3 is 2.00 bits per heavy atom. The van der Waals surface area contributed by atoms with Crippen LogP contribution < -0.4 is 5.46 Å². The molecule has 106 valence electrons. The molecule has 1 heterocycles.